The smallest absolute Gasteiger partial charge is 0.320 e. The maximum Gasteiger partial charge on any atom is 0.320 e. The van der Waals surface area contributed by atoms with Gasteiger partial charge in [-0.25, -0.2) is 0 Å². The molecule has 0 aliphatic rings. The zero-order valence-electron chi connectivity index (χ0n) is 8.38. The van der Waals surface area contributed by atoms with Crippen LogP contribution in [0.5, 0.6) is 0 Å². The first-order chi connectivity index (χ1) is 6.77. The first kappa shape index (κ1) is 13.4. The highest BCUT2D eigenvalue weighted by Gasteiger charge is 2.30. The summed E-state index contributed by atoms with van der Waals surface area (Å²) in [6.07, 6.45) is 0. The molecule has 7 heteroatoms. The molecule has 86 valence electrons. The van der Waals surface area contributed by atoms with Crippen molar-refractivity contribution in [3.8, 4) is 0 Å². The zero-order chi connectivity index (χ0) is 12.2. The average molecular weight is 219 g/mol. The topological polar surface area (TPSA) is 115 Å². The summed E-state index contributed by atoms with van der Waals surface area (Å²) in [7, 11) is 0. The summed E-state index contributed by atoms with van der Waals surface area (Å²) in [6.45, 7) is 1.86. The summed E-state index contributed by atoms with van der Waals surface area (Å²) >= 11 is 0. The summed E-state index contributed by atoms with van der Waals surface area (Å²) < 4.78 is 0. The minimum atomic E-state index is -1.27. The third-order valence-electron chi connectivity index (χ3n) is 2.03. The molecule has 0 amide bonds. The van der Waals surface area contributed by atoms with Gasteiger partial charge in [-0.1, -0.05) is 0 Å². The molecule has 0 aliphatic carbocycles. The Hall–Kier alpha value is -1.63. The molecule has 0 spiro atoms. The van der Waals surface area contributed by atoms with E-state index in [9.17, 15) is 14.4 Å². The Bertz CT molecular complexity index is 256. The maximum atomic E-state index is 10.6. The summed E-state index contributed by atoms with van der Waals surface area (Å²) in [5.74, 6) is -3.79. The van der Waals surface area contributed by atoms with Crippen molar-refractivity contribution in [1.29, 1.82) is 0 Å². The molecular formula is C8H13NO6. The minimum absolute atomic E-state index is 0.624. The average Bonchev–Trinajstić information content (AvgIpc) is 2.11. The van der Waals surface area contributed by atoms with Gasteiger partial charge in [-0.2, -0.15) is 0 Å². The van der Waals surface area contributed by atoms with Crippen molar-refractivity contribution in [2.24, 2.45) is 0 Å². The highest BCUT2D eigenvalue weighted by atomic mass is 16.4. The van der Waals surface area contributed by atoms with Gasteiger partial charge in [0.05, 0.1) is 6.54 Å². The summed E-state index contributed by atoms with van der Waals surface area (Å²) in [5.41, 5.74) is 0. The lowest BCUT2D eigenvalue weighted by Gasteiger charge is -2.27. The Labute approximate surface area is 85.9 Å². The Morgan fingerprint density at radius 1 is 1.00 bits per heavy atom. The van der Waals surface area contributed by atoms with Crippen LogP contribution in [0.1, 0.15) is 13.8 Å². The van der Waals surface area contributed by atoms with Crippen LogP contribution in [0.3, 0.4) is 0 Å². The van der Waals surface area contributed by atoms with E-state index >= 15 is 0 Å². The lowest BCUT2D eigenvalue weighted by atomic mass is 10.2. The van der Waals surface area contributed by atoms with Crippen LogP contribution in [-0.2, 0) is 14.4 Å². The molecular weight excluding hydrogens is 206 g/mol. The number of carbonyl (C=O) groups is 3. The van der Waals surface area contributed by atoms with Crippen molar-refractivity contribution in [3.63, 3.8) is 0 Å². The van der Waals surface area contributed by atoms with Gasteiger partial charge in [0, 0.05) is 0 Å². The van der Waals surface area contributed by atoms with Crippen molar-refractivity contribution in [3.05, 3.63) is 0 Å². The fourth-order valence-electron chi connectivity index (χ4n) is 1.05. The second kappa shape index (κ2) is 5.30. The number of nitrogens with zero attached hydrogens (tertiary/aromatic N) is 1. The molecule has 0 aromatic rings. The number of hydrogen-bond acceptors (Lipinski definition) is 4. The SMILES string of the molecule is CC(C(=O)O)N(CC(=O)O)C(C)C(=O)O. The van der Waals surface area contributed by atoms with Crippen LogP contribution >= 0.6 is 0 Å². The fraction of sp³-hybridized carbons (Fsp3) is 0.625. The lowest BCUT2D eigenvalue weighted by Crippen LogP contribution is -2.50. The van der Waals surface area contributed by atoms with Crippen LogP contribution in [0.25, 0.3) is 0 Å². The van der Waals surface area contributed by atoms with E-state index in [1.165, 1.54) is 13.8 Å². The van der Waals surface area contributed by atoms with Crippen molar-refractivity contribution >= 4 is 17.9 Å². The van der Waals surface area contributed by atoms with Crippen LogP contribution in [0.15, 0.2) is 0 Å². The lowest BCUT2D eigenvalue weighted by molar-refractivity contribution is -0.152. The Morgan fingerprint density at radius 2 is 1.33 bits per heavy atom. The number of carboxylic acid groups (broad SMARTS) is 3. The Balaban J connectivity index is 4.79. The maximum absolute atomic E-state index is 10.6. The first-order valence-corrected chi connectivity index (χ1v) is 4.20. The quantitative estimate of drug-likeness (QED) is 0.542. The molecule has 0 saturated heterocycles. The van der Waals surface area contributed by atoms with E-state index in [2.05, 4.69) is 0 Å². The predicted molar refractivity (Wildman–Crippen MR) is 48.5 cm³/mol. The van der Waals surface area contributed by atoms with Crippen LogP contribution in [0.4, 0.5) is 0 Å². The summed E-state index contributed by atoms with van der Waals surface area (Å²) in [5, 5.41) is 25.9. The Morgan fingerprint density at radius 3 is 1.53 bits per heavy atom. The van der Waals surface area contributed by atoms with E-state index in [-0.39, 0.29) is 0 Å². The van der Waals surface area contributed by atoms with Crippen LogP contribution in [-0.4, -0.2) is 56.8 Å². The highest BCUT2D eigenvalue weighted by Crippen LogP contribution is 2.06. The highest BCUT2D eigenvalue weighted by molar-refractivity contribution is 5.79. The molecule has 0 rings (SSSR count). The molecule has 0 aliphatic heterocycles. The number of carboxylic acids is 3. The molecule has 0 radical (unpaired) electrons. The minimum Gasteiger partial charge on any atom is -0.480 e. The fourth-order valence-corrected chi connectivity index (χ4v) is 1.05. The van der Waals surface area contributed by atoms with Crippen molar-refractivity contribution in [2.75, 3.05) is 6.54 Å². The van der Waals surface area contributed by atoms with Gasteiger partial charge in [0.1, 0.15) is 12.1 Å². The van der Waals surface area contributed by atoms with Gasteiger partial charge in [0.25, 0.3) is 0 Å². The summed E-state index contributed by atoms with van der Waals surface area (Å²) in [6, 6.07) is -2.32. The zero-order valence-corrected chi connectivity index (χ0v) is 8.38. The van der Waals surface area contributed by atoms with E-state index in [1.54, 1.807) is 0 Å². The normalized spacial score (nSPS) is 14.6. The molecule has 2 unspecified atom stereocenters. The molecule has 7 nitrogen and oxygen atoms in total. The predicted octanol–water partition coefficient (Wildman–Crippen LogP) is -0.681. The molecule has 0 aromatic carbocycles. The van der Waals surface area contributed by atoms with Crippen LogP contribution in [0, 0.1) is 0 Å². The standard InChI is InChI=1S/C8H13NO6/c1-4(7(12)13)9(3-6(10)11)5(2)8(14)15/h4-5H,3H2,1-2H3,(H,10,11)(H,12,13)(H,14,15). The van der Waals surface area contributed by atoms with Gasteiger partial charge in [0.2, 0.25) is 0 Å². The van der Waals surface area contributed by atoms with Crippen LogP contribution in [0.2, 0.25) is 0 Å². The van der Waals surface area contributed by atoms with Gasteiger partial charge >= 0.3 is 17.9 Å². The van der Waals surface area contributed by atoms with E-state index < -0.39 is 36.5 Å². The largest absolute Gasteiger partial charge is 0.480 e. The van der Waals surface area contributed by atoms with Crippen LogP contribution < -0.4 is 0 Å². The molecule has 3 N–H and O–H groups in total. The molecule has 0 bridgehead atoms. The van der Waals surface area contributed by atoms with E-state index in [0.717, 1.165) is 4.90 Å². The van der Waals surface area contributed by atoms with Gasteiger partial charge in [-0.05, 0) is 13.8 Å². The molecule has 2 atom stereocenters. The first-order valence-electron chi connectivity index (χ1n) is 4.20. The van der Waals surface area contributed by atoms with E-state index in [1.807, 2.05) is 0 Å². The monoisotopic (exact) mass is 219 g/mol. The van der Waals surface area contributed by atoms with Crippen molar-refractivity contribution < 1.29 is 29.7 Å². The molecule has 0 aromatic heterocycles. The van der Waals surface area contributed by atoms with Gasteiger partial charge in [-0.3, -0.25) is 19.3 Å². The number of aliphatic carboxylic acids is 3. The molecule has 0 fully saturated rings. The van der Waals surface area contributed by atoms with E-state index in [4.69, 9.17) is 15.3 Å². The van der Waals surface area contributed by atoms with Gasteiger partial charge in [-0.15, -0.1) is 0 Å². The third kappa shape index (κ3) is 3.94. The summed E-state index contributed by atoms with van der Waals surface area (Å²) in [4.78, 5) is 32.6. The van der Waals surface area contributed by atoms with E-state index in [0.29, 0.717) is 0 Å². The molecule has 15 heavy (non-hydrogen) atoms. The molecule has 0 saturated carbocycles. The van der Waals surface area contributed by atoms with Gasteiger partial charge in [0.15, 0.2) is 0 Å². The van der Waals surface area contributed by atoms with Crippen molar-refractivity contribution in [1.82, 2.24) is 4.90 Å². The Kier molecular flexibility index (Phi) is 4.72. The number of hydrogen-bond donors (Lipinski definition) is 3. The number of rotatable bonds is 6. The van der Waals surface area contributed by atoms with Crippen molar-refractivity contribution in [2.45, 2.75) is 25.9 Å². The van der Waals surface area contributed by atoms with Gasteiger partial charge < -0.3 is 15.3 Å². The second-order valence-electron chi connectivity index (χ2n) is 3.09. The third-order valence-corrected chi connectivity index (χ3v) is 2.03. The molecule has 0 heterocycles. The second-order valence-corrected chi connectivity index (χ2v) is 3.09.